The number of rotatable bonds is 6. The predicted molar refractivity (Wildman–Crippen MR) is 123 cm³/mol. The second-order valence-electron chi connectivity index (χ2n) is 6.95. The lowest BCUT2D eigenvalue weighted by Crippen LogP contribution is -2.26. The van der Waals surface area contributed by atoms with Crippen LogP contribution in [-0.4, -0.2) is 36.5 Å². The van der Waals surface area contributed by atoms with Gasteiger partial charge in [0, 0.05) is 36.4 Å². The highest BCUT2D eigenvalue weighted by Crippen LogP contribution is 2.24. The van der Waals surface area contributed by atoms with E-state index in [9.17, 15) is 14.4 Å². The summed E-state index contributed by atoms with van der Waals surface area (Å²) in [5, 5.41) is 5.65. The normalized spacial score (nSPS) is 10.2. The number of aromatic nitrogens is 1. The lowest BCUT2D eigenvalue weighted by molar-refractivity contribution is 0.102. The van der Waals surface area contributed by atoms with Crippen LogP contribution in [0.1, 0.15) is 33.2 Å². The average molecular weight is 432 g/mol. The van der Waals surface area contributed by atoms with Gasteiger partial charge in [0.25, 0.3) is 11.8 Å². The first kappa shape index (κ1) is 22.5. The first-order chi connectivity index (χ1) is 15.4. The number of ether oxygens (including phenoxy) is 1. The number of nitrogens with one attached hydrogen (secondary N) is 2. The van der Waals surface area contributed by atoms with E-state index in [2.05, 4.69) is 15.6 Å². The largest absolute Gasteiger partial charge is 0.449 e. The summed E-state index contributed by atoms with van der Waals surface area (Å²) in [6.07, 6.45) is 2.60. The molecule has 0 aliphatic heterocycles. The molecule has 0 unspecified atom stereocenters. The Morgan fingerprint density at radius 1 is 0.938 bits per heavy atom. The molecule has 0 aliphatic rings. The number of benzene rings is 2. The SMILES string of the molecule is CCOC(=O)N(C)c1ccc(NC(=O)c2cccc(C)c2NC(=O)c2ccncc2)cc1. The van der Waals surface area contributed by atoms with Gasteiger partial charge in [-0.3, -0.25) is 19.5 Å². The molecule has 0 saturated heterocycles. The minimum Gasteiger partial charge on any atom is -0.449 e. The highest BCUT2D eigenvalue weighted by atomic mass is 16.6. The van der Waals surface area contributed by atoms with Gasteiger partial charge in [0.1, 0.15) is 0 Å². The molecule has 3 aromatic rings. The molecular formula is C24H24N4O4. The zero-order valence-electron chi connectivity index (χ0n) is 18.1. The van der Waals surface area contributed by atoms with Gasteiger partial charge in [0.15, 0.2) is 0 Å². The van der Waals surface area contributed by atoms with Crippen LogP contribution in [0.5, 0.6) is 0 Å². The Kier molecular flexibility index (Phi) is 7.17. The maximum absolute atomic E-state index is 13.0. The van der Waals surface area contributed by atoms with Gasteiger partial charge >= 0.3 is 6.09 Å². The molecule has 8 nitrogen and oxygen atoms in total. The monoisotopic (exact) mass is 432 g/mol. The minimum absolute atomic E-state index is 0.286. The number of amides is 3. The molecular weight excluding hydrogens is 408 g/mol. The lowest BCUT2D eigenvalue weighted by atomic mass is 10.1. The molecule has 1 aromatic heterocycles. The maximum Gasteiger partial charge on any atom is 0.413 e. The molecule has 0 fully saturated rings. The van der Waals surface area contributed by atoms with Crippen molar-refractivity contribution in [1.29, 1.82) is 0 Å². The van der Waals surface area contributed by atoms with Crippen molar-refractivity contribution in [3.05, 3.63) is 83.7 Å². The van der Waals surface area contributed by atoms with Crippen LogP contribution in [0.25, 0.3) is 0 Å². The van der Waals surface area contributed by atoms with Gasteiger partial charge in [-0.1, -0.05) is 12.1 Å². The summed E-state index contributed by atoms with van der Waals surface area (Å²) >= 11 is 0. The van der Waals surface area contributed by atoms with Gasteiger partial charge in [0.2, 0.25) is 0 Å². The van der Waals surface area contributed by atoms with E-state index in [4.69, 9.17) is 4.74 Å². The van der Waals surface area contributed by atoms with Crippen molar-refractivity contribution < 1.29 is 19.1 Å². The fraction of sp³-hybridized carbons (Fsp3) is 0.167. The van der Waals surface area contributed by atoms with Gasteiger partial charge in [0.05, 0.1) is 17.9 Å². The third-order valence-corrected chi connectivity index (χ3v) is 4.75. The number of pyridine rings is 1. The van der Waals surface area contributed by atoms with Crippen molar-refractivity contribution >= 4 is 35.0 Å². The third kappa shape index (κ3) is 5.28. The zero-order chi connectivity index (χ0) is 23.1. The van der Waals surface area contributed by atoms with Crippen LogP contribution >= 0.6 is 0 Å². The molecule has 0 saturated carbocycles. The maximum atomic E-state index is 13.0. The quantitative estimate of drug-likeness (QED) is 0.598. The van der Waals surface area contributed by atoms with Crippen molar-refractivity contribution in [2.75, 3.05) is 29.2 Å². The number of carbonyl (C=O) groups excluding carboxylic acids is 3. The van der Waals surface area contributed by atoms with E-state index in [0.29, 0.717) is 28.2 Å². The summed E-state index contributed by atoms with van der Waals surface area (Å²) < 4.78 is 4.98. The summed E-state index contributed by atoms with van der Waals surface area (Å²) in [6.45, 7) is 3.84. The number of aryl methyl sites for hydroxylation is 1. The number of hydrogen-bond acceptors (Lipinski definition) is 5. The number of hydrogen-bond donors (Lipinski definition) is 2. The van der Waals surface area contributed by atoms with E-state index >= 15 is 0 Å². The molecule has 164 valence electrons. The molecule has 1 heterocycles. The molecule has 0 aliphatic carbocycles. The van der Waals surface area contributed by atoms with Gasteiger partial charge in [-0.25, -0.2) is 4.79 Å². The van der Waals surface area contributed by atoms with Gasteiger partial charge in [-0.15, -0.1) is 0 Å². The molecule has 0 radical (unpaired) electrons. The van der Waals surface area contributed by atoms with Gasteiger partial charge < -0.3 is 15.4 Å². The Labute approximate surface area is 186 Å². The number of nitrogens with zero attached hydrogens (tertiary/aromatic N) is 2. The lowest BCUT2D eigenvalue weighted by Gasteiger charge is -2.17. The Bertz CT molecular complexity index is 1110. The minimum atomic E-state index is -0.460. The molecule has 0 bridgehead atoms. The fourth-order valence-corrected chi connectivity index (χ4v) is 3.00. The topological polar surface area (TPSA) is 101 Å². The van der Waals surface area contributed by atoms with Gasteiger partial charge in [-0.2, -0.15) is 0 Å². The molecule has 0 spiro atoms. The average Bonchev–Trinajstić information content (AvgIpc) is 2.81. The van der Waals surface area contributed by atoms with E-state index in [1.807, 2.05) is 13.0 Å². The number of carbonyl (C=O) groups is 3. The van der Waals surface area contributed by atoms with Crippen LogP contribution in [0.3, 0.4) is 0 Å². The molecule has 3 rings (SSSR count). The molecule has 2 N–H and O–H groups in total. The summed E-state index contributed by atoms with van der Waals surface area (Å²) in [4.78, 5) is 42.7. The second-order valence-corrected chi connectivity index (χ2v) is 6.95. The van der Waals surface area contributed by atoms with Crippen molar-refractivity contribution in [3.8, 4) is 0 Å². The van der Waals surface area contributed by atoms with E-state index < -0.39 is 6.09 Å². The Morgan fingerprint density at radius 2 is 1.62 bits per heavy atom. The number of anilines is 3. The Balaban J connectivity index is 1.76. The standard InChI is InChI=1S/C24H24N4O4/c1-4-32-24(31)28(3)19-10-8-18(9-11-19)26-23(30)20-7-5-6-16(2)21(20)27-22(29)17-12-14-25-15-13-17/h5-15H,4H2,1-3H3,(H,26,30)(H,27,29). The summed E-state index contributed by atoms with van der Waals surface area (Å²) in [7, 11) is 1.61. The fourth-order valence-electron chi connectivity index (χ4n) is 3.00. The molecule has 3 amide bonds. The highest BCUT2D eigenvalue weighted by Gasteiger charge is 2.17. The van der Waals surface area contributed by atoms with E-state index in [-0.39, 0.29) is 18.4 Å². The van der Waals surface area contributed by atoms with E-state index in [1.165, 1.54) is 17.3 Å². The van der Waals surface area contributed by atoms with Crippen molar-refractivity contribution in [1.82, 2.24) is 4.98 Å². The molecule has 2 aromatic carbocycles. The first-order valence-corrected chi connectivity index (χ1v) is 10.0. The van der Waals surface area contributed by atoms with Crippen LogP contribution < -0.4 is 15.5 Å². The Morgan fingerprint density at radius 3 is 2.28 bits per heavy atom. The summed E-state index contributed by atoms with van der Waals surface area (Å²) in [5.41, 5.74) is 3.14. The summed E-state index contributed by atoms with van der Waals surface area (Å²) in [5.74, 6) is -0.702. The number of para-hydroxylation sites is 1. The predicted octanol–water partition coefficient (Wildman–Crippen LogP) is 4.49. The van der Waals surface area contributed by atoms with Crippen LogP contribution in [0.2, 0.25) is 0 Å². The van der Waals surface area contributed by atoms with Gasteiger partial charge in [-0.05, 0) is 61.9 Å². The molecule has 0 atom stereocenters. The zero-order valence-corrected chi connectivity index (χ0v) is 18.1. The third-order valence-electron chi connectivity index (χ3n) is 4.75. The smallest absolute Gasteiger partial charge is 0.413 e. The van der Waals surface area contributed by atoms with Crippen molar-refractivity contribution in [3.63, 3.8) is 0 Å². The van der Waals surface area contributed by atoms with Crippen LogP contribution in [0, 0.1) is 6.92 Å². The van der Waals surface area contributed by atoms with E-state index in [1.54, 1.807) is 62.5 Å². The summed E-state index contributed by atoms with van der Waals surface area (Å²) in [6, 6.07) is 15.2. The molecule has 32 heavy (non-hydrogen) atoms. The van der Waals surface area contributed by atoms with Crippen LogP contribution in [0.4, 0.5) is 21.9 Å². The second kappa shape index (κ2) is 10.2. The Hall–Kier alpha value is -4.20. The van der Waals surface area contributed by atoms with Crippen LogP contribution in [-0.2, 0) is 4.74 Å². The van der Waals surface area contributed by atoms with Crippen molar-refractivity contribution in [2.45, 2.75) is 13.8 Å². The molecule has 8 heteroatoms. The van der Waals surface area contributed by atoms with Crippen molar-refractivity contribution in [2.24, 2.45) is 0 Å². The highest BCUT2D eigenvalue weighted by molar-refractivity contribution is 6.13. The van der Waals surface area contributed by atoms with E-state index in [0.717, 1.165) is 5.56 Å². The first-order valence-electron chi connectivity index (χ1n) is 10.0. The van der Waals surface area contributed by atoms with Crippen LogP contribution in [0.15, 0.2) is 67.0 Å².